The molecule has 164 valence electrons. The van der Waals surface area contributed by atoms with Crippen LogP contribution in [0, 0.1) is 0 Å². The van der Waals surface area contributed by atoms with Gasteiger partial charge in [0.15, 0.2) is 11.5 Å². The highest BCUT2D eigenvalue weighted by molar-refractivity contribution is 7.98. The molecule has 0 saturated heterocycles. The van der Waals surface area contributed by atoms with E-state index in [0.29, 0.717) is 11.6 Å². The zero-order chi connectivity index (χ0) is 22.2. The highest BCUT2D eigenvalue weighted by atomic mass is 32.2. The number of rotatable bonds is 10. The maximum Gasteiger partial charge on any atom is 0.223 e. The van der Waals surface area contributed by atoms with E-state index >= 15 is 0 Å². The Balaban J connectivity index is 1.77. The fraction of sp³-hybridized carbons (Fsp3) is 0.364. The van der Waals surface area contributed by atoms with Gasteiger partial charge in [0.05, 0.1) is 25.6 Å². The Labute approximate surface area is 185 Å². The van der Waals surface area contributed by atoms with Gasteiger partial charge in [0.25, 0.3) is 0 Å². The molecule has 2 aromatic heterocycles. The quantitative estimate of drug-likeness (QED) is 0.502. The number of hydrogen-bond acceptors (Lipinski definition) is 6. The van der Waals surface area contributed by atoms with Gasteiger partial charge in [-0.15, -0.1) is 10.2 Å². The molecule has 9 heteroatoms. The van der Waals surface area contributed by atoms with E-state index in [1.165, 1.54) is 6.92 Å². The molecule has 0 fully saturated rings. The van der Waals surface area contributed by atoms with E-state index in [4.69, 9.17) is 4.74 Å². The first-order valence-electron chi connectivity index (χ1n) is 10.0. The lowest BCUT2D eigenvalue weighted by Gasteiger charge is -2.21. The Morgan fingerprint density at radius 3 is 2.55 bits per heavy atom. The number of nitrogens with zero attached hydrogens (tertiary/aromatic N) is 3. The number of hydrogen-bond donors (Lipinski definition) is 2. The number of carbonyl (C=O) groups is 2. The number of ether oxygens (including phenoxy) is 1. The van der Waals surface area contributed by atoms with Crippen molar-refractivity contribution >= 4 is 29.2 Å². The Bertz CT molecular complexity index is 1020. The highest BCUT2D eigenvalue weighted by Gasteiger charge is 2.23. The normalized spacial score (nSPS) is 12.9. The van der Waals surface area contributed by atoms with E-state index < -0.39 is 6.04 Å². The minimum absolute atomic E-state index is 0.110. The molecule has 3 rings (SSSR count). The molecule has 2 N–H and O–H groups in total. The summed E-state index contributed by atoms with van der Waals surface area (Å²) < 4.78 is 7.08. The summed E-state index contributed by atoms with van der Waals surface area (Å²) >= 11 is 1.70. The number of thioether (sulfide) groups is 1. The molecule has 0 aliphatic heterocycles. The van der Waals surface area contributed by atoms with Crippen molar-refractivity contribution in [2.75, 3.05) is 19.1 Å². The predicted molar refractivity (Wildman–Crippen MR) is 121 cm³/mol. The molecule has 2 amide bonds. The number of carbonyl (C=O) groups excluding carboxylic acids is 2. The lowest BCUT2D eigenvalue weighted by atomic mass is 10.0. The molecule has 0 aliphatic rings. The number of nitrogens with one attached hydrogen (secondary N) is 2. The van der Waals surface area contributed by atoms with Crippen LogP contribution >= 0.6 is 11.8 Å². The lowest BCUT2D eigenvalue weighted by Crippen LogP contribution is -2.35. The molecule has 0 spiro atoms. The average Bonchev–Trinajstić information content (AvgIpc) is 3.20. The Morgan fingerprint density at radius 1 is 1.10 bits per heavy atom. The zero-order valence-corrected chi connectivity index (χ0v) is 18.7. The topological polar surface area (TPSA) is 97.6 Å². The Kier molecular flexibility index (Phi) is 7.88. The van der Waals surface area contributed by atoms with Gasteiger partial charge in [-0.05, 0) is 48.3 Å². The first-order valence-corrected chi connectivity index (χ1v) is 11.4. The van der Waals surface area contributed by atoms with Gasteiger partial charge in [-0.2, -0.15) is 11.8 Å². The second kappa shape index (κ2) is 10.8. The fourth-order valence-electron chi connectivity index (χ4n) is 3.37. The standard InChI is InChI=1S/C22H27N5O3S/c1-15(28)23-19(16-7-9-17(30-2)10-8-16)14-21(29)24-18(11-13-31-3)22-26-25-20-6-4-5-12-27(20)22/h4-10,12,18-19H,11,13-14H2,1-3H3,(H,23,28)(H,24,29). The monoisotopic (exact) mass is 441 g/mol. The molecule has 3 aromatic rings. The summed E-state index contributed by atoms with van der Waals surface area (Å²) in [5.41, 5.74) is 1.56. The van der Waals surface area contributed by atoms with Crippen LogP contribution in [-0.2, 0) is 9.59 Å². The van der Waals surface area contributed by atoms with Crippen molar-refractivity contribution in [2.45, 2.75) is 31.8 Å². The van der Waals surface area contributed by atoms with E-state index in [-0.39, 0.29) is 24.3 Å². The van der Waals surface area contributed by atoms with Gasteiger partial charge in [0.1, 0.15) is 5.75 Å². The van der Waals surface area contributed by atoms with Gasteiger partial charge in [0.2, 0.25) is 11.8 Å². The number of benzene rings is 1. The summed E-state index contributed by atoms with van der Waals surface area (Å²) in [5.74, 6) is 1.90. The van der Waals surface area contributed by atoms with Crippen LogP contribution in [0.5, 0.6) is 5.75 Å². The van der Waals surface area contributed by atoms with Crippen LogP contribution in [0.15, 0.2) is 48.7 Å². The van der Waals surface area contributed by atoms with Gasteiger partial charge >= 0.3 is 0 Å². The molecule has 1 aromatic carbocycles. The van der Waals surface area contributed by atoms with E-state index in [2.05, 4.69) is 20.8 Å². The minimum atomic E-state index is -0.445. The van der Waals surface area contributed by atoms with Crippen LogP contribution in [0.4, 0.5) is 0 Å². The Morgan fingerprint density at radius 2 is 1.87 bits per heavy atom. The van der Waals surface area contributed by atoms with Gasteiger partial charge in [-0.1, -0.05) is 18.2 Å². The van der Waals surface area contributed by atoms with Crippen LogP contribution in [0.2, 0.25) is 0 Å². The van der Waals surface area contributed by atoms with Crippen molar-refractivity contribution < 1.29 is 14.3 Å². The smallest absolute Gasteiger partial charge is 0.223 e. The van der Waals surface area contributed by atoms with Gasteiger partial charge in [-0.3, -0.25) is 14.0 Å². The summed E-state index contributed by atoms with van der Waals surface area (Å²) in [5, 5.41) is 14.5. The summed E-state index contributed by atoms with van der Waals surface area (Å²) in [6.07, 6.45) is 4.74. The predicted octanol–water partition coefficient (Wildman–Crippen LogP) is 2.92. The third-order valence-electron chi connectivity index (χ3n) is 4.88. The van der Waals surface area contributed by atoms with E-state index in [1.54, 1.807) is 18.9 Å². The molecule has 31 heavy (non-hydrogen) atoms. The molecule has 8 nitrogen and oxygen atoms in total. The molecule has 0 radical (unpaired) electrons. The largest absolute Gasteiger partial charge is 0.497 e. The van der Waals surface area contributed by atoms with Crippen molar-refractivity contribution in [2.24, 2.45) is 0 Å². The molecule has 2 unspecified atom stereocenters. The molecule has 2 atom stereocenters. The average molecular weight is 442 g/mol. The number of pyridine rings is 1. The van der Waals surface area contributed by atoms with Crippen molar-refractivity contribution in [3.63, 3.8) is 0 Å². The van der Waals surface area contributed by atoms with Crippen LogP contribution < -0.4 is 15.4 Å². The molecular formula is C22H27N5O3S. The summed E-state index contributed by atoms with van der Waals surface area (Å²) in [4.78, 5) is 24.7. The number of methoxy groups -OCH3 is 1. The lowest BCUT2D eigenvalue weighted by molar-refractivity contribution is -0.123. The Hall–Kier alpha value is -3.07. The van der Waals surface area contributed by atoms with Crippen molar-refractivity contribution in [1.82, 2.24) is 25.2 Å². The first kappa shape index (κ1) is 22.6. The van der Waals surface area contributed by atoms with Crippen LogP contribution in [-0.4, -0.2) is 45.5 Å². The van der Waals surface area contributed by atoms with Gasteiger partial charge < -0.3 is 15.4 Å². The van der Waals surface area contributed by atoms with E-state index in [1.807, 2.05) is 59.3 Å². The summed E-state index contributed by atoms with van der Waals surface area (Å²) in [6.45, 7) is 1.44. The number of aromatic nitrogens is 3. The fourth-order valence-corrected chi connectivity index (χ4v) is 3.84. The van der Waals surface area contributed by atoms with E-state index in [0.717, 1.165) is 23.4 Å². The molecule has 0 bridgehead atoms. The number of fused-ring (bicyclic) bond motifs is 1. The second-order valence-electron chi connectivity index (χ2n) is 7.12. The third kappa shape index (κ3) is 5.97. The van der Waals surface area contributed by atoms with Crippen molar-refractivity contribution in [3.8, 4) is 5.75 Å². The maximum absolute atomic E-state index is 13.0. The van der Waals surface area contributed by atoms with E-state index in [9.17, 15) is 9.59 Å². The van der Waals surface area contributed by atoms with Crippen LogP contribution in [0.1, 0.15) is 43.2 Å². The van der Waals surface area contributed by atoms with Crippen LogP contribution in [0.25, 0.3) is 5.65 Å². The van der Waals surface area contributed by atoms with Gasteiger partial charge in [-0.25, -0.2) is 0 Å². The second-order valence-corrected chi connectivity index (χ2v) is 8.10. The zero-order valence-electron chi connectivity index (χ0n) is 17.9. The SMILES string of the molecule is COc1ccc(C(CC(=O)NC(CCSC)c2nnc3ccccn23)NC(C)=O)cc1. The number of amides is 2. The highest BCUT2D eigenvalue weighted by Crippen LogP contribution is 2.23. The summed E-state index contributed by atoms with van der Waals surface area (Å²) in [6, 6.07) is 12.3. The maximum atomic E-state index is 13.0. The molecule has 0 saturated carbocycles. The molecule has 2 heterocycles. The van der Waals surface area contributed by atoms with Crippen molar-refractivity contribution in [1.29, 1.82) is 0 Å². The summed E-state index contributed by atoms with van der Waals surface area (Å²) in [7, 11) is 1.59. The molecule has 0 aliphatic carbocycles. The molecular weight excluding hydrogens is 414 g/mol. The van der Waals surface area contributed by atoms with Crippen molar-refractivity contribution in [3.05, 3.63) is 60.0 Å². The van der Waals surface area contributed by atoms with Gasteiger partial charge in [0, 0.05) is 13.1 Å². The third-order valence-corrected chi connectivity index (χ3v) is 5.53. The first-order chi connectivity index (χ1) is 15.0. The van der Waals surface area contributed by atoms with Crippen LogP contribution in [0.3, 0.4) is 0 Å². The minimum Gasteiger partial charge on any atom is -0.497 e.